The van der Waals surface area contributed by atoms with Crippen LogP contribution in [0.25, 0.3) is 0 Å². The van der Waals surface area contributed by atoms with Crippen LogP contribution in [0.2, 0.25) is 0 Å². The van der Waals surface area contributed by atoms with E-state index in [2.05, 4.69) is 19.1 Å². The highest BCUT2D eigenvalue weighted by molar-refractivity contribution is 5.81. The molecule has 12 heavy (non-hydrogen) atoms. The molecule has 0 radical (unpaired) electrons. The second-order valence-corrected chi connectivity index (χ2v) is 3.17. The van der Waals surface area contributed by atoms with Crippen molar-refractivity contribution in [1.82, 2.24) is 0 Å². The zero-order valence-electron chi connectivity index (χ0n) is 8.40. The number of rotatable bonds is 7. The van der Waals surface area contributed by atoms with Gasteiger partial charge in [-0.15, -0.1) is 0 Å². The third-order valence-corrected chi connectivity index (χ3v) is 1.93. The predicted molar refractivity (Wildman–Crippen MR) is 55.9 cm³/mol. The van der Waals surface area contributed by atoms with Crippen molar-refractivity contribution >= 4 is 5.71 Å². The van der Waals surface area contributed by atoms with E-state index in [1.165, 1.54) is 19.3 Å². The molecule has 0 saturated carbocycles. The first kappa shape index (κ1) is 11.4. The molecule has 1 N–H and O–H groups in total. The van der Waals surface area contributed by atoms with Gasteiger partial charge in [0.05, 0.1) is 0 Å². The largest absolute Gasteiger partial charge is 0.310 e. The van der Waals surface area contributed by atoms with E-state index in [1.54, 1.807) is 0 Å². The highest BCUT2D eigenvalue weighted by Gasteiger charge is 1.94. The molecule has 70 valence electrons. The van der Waals surface area contributed by atoms with Gasteiger partial charge in [0.1, 0.15) is 0 Å². The Hall–Kier alpha value is -0.590. The Labute approximate surface area is 76.4 Å². The Bertz CT molecular complexity index is 136. The Morgan fingerprint density at radius 1 is 1.25 bits per heavy atom. The molecular formula is C11H21N. The summed E-state index contributed by atoms with van der Waals surface area (Å²) in [5.74, 6) is 0. The fourth-order valence-electron chi connectivity index (χ4n) is 1.14. The first-order chi connectivity index (χ1) is 5.81. The molecule has 0 aliphatic heterocycles. The van der Waals surface area contributed by atoms with Gasteiger partial charge < -0.3 is 5.41 Å². The van der Waals surface area contributed by atoms with E-state index in [4.69, 9.17) is 5.41 Å². The summed E-state index contributed by atoms with van der Waals surface area (Å²) in [6, 6.07) is 0. The molecule has 0 fully saturated rings. The summed E-state index contributed by atoms with van der Waals surface area (Å²) in [4.78, 5) is 0. The van der Waals surface area contributed by atoms with Gasteiger partial charge in [0.2, 0.25) is 0 Å². The summed E-state index contributed by atoms with van der Waals surface area (Å²) in [6.45, 7) is 4.23. The van der Waals surface area contributed by atoms with Crippen molar-refractivity contribution < 1.29 is 0 Å². The van der Waals surface area contributed by atoms with Crippen LogP contribution in [0.1, 0.15) is 52.4 Å². The molecule has 1 heteroatoms. The SMILES string of the molecule is CC=CCCC(=N)CCCCC. The van der Waals surface area contributed by atoms with E-state index in [-0.39, 0.29) is 0 Å². The van der Waals surface area contributed by atoms with Crippen LogP contribution < -0.4 is 0 Å². The maximum Gasteiger partial charge on any atom is 0.00922 e. The van der Waals surface area contributed by atoms with Gasteiger partial charge in [-0.1, -0.05) is 31.9 Å². The Balaban J connectivity index is 3.21. The van der Waals surface area contributed by atoms with E-state index in [0.29, 0.717) is 0 Å². The summed E-state index contributed by atoms with van der Waals surface area (Å²) in [5.41, 5.74) is 0.918. The summed E-state index contributed by atoms with van der Waals surface area (Å²) < 4.78 is 0. The Morgan fingerprint density at radius 3 is 2.58 bits per heavy atom. The van der Waals surface area contributed by atoms with Gasteiger partial charge in [-0.3, -0.25) is 0 Å². The average Bonchev–Trinajstić information content (AvgIpc) is 2.06. The number of hydrogen-bond donors (Lipinski definition) is 1. The lowest BCUT2D eigenvalue weighted by Crippen LogP contribution is -1.94. The molecular weight excluding hydrogens is 146 g/mol. The third kappa shape index (κ3) is 7.52. The van der Waals surface area contributed by atoms with Crippen LogP contribution in [0.3, 0.4) is 0 Å². The fraction of sp³-hybridized carbons (Fsp3) is 0.727. The molecule has 0 aromatic heterocycles. The molecule has 0 atom stereocenters. The first-order valence-corrected chi connectivity index (χ1v) is 4.98. The lowest BCUT2D eigenvalue weighted by Gasteiger charge is -2.00. The first-order valence-electron chi connectivity index (χ1n) is 4.98. The van der Waals surface area contributed by atoms with Gasteiger partial charge in [0.25, 0.3) is 0 Å². The quantitative estimate of drug-likeness (QED) is 0.337. The lowest BCUT2D eigenvalue weighted by atomic mass is 10.1. The van der Waals surface area contributed by atoms with Crippen LogP contribution >= 0.6 is 0 Å². The normalized spacial score (nSPS) is 10.8. The highest BCUT2D eigenvalue weighted by Crippen LogP contribution is 2.04. The molecule has 0 heterocycles. The maximum absolute atomic E-state index is 7.61. The monoisotopic (exact) mass is 167 g/mol. The van der Waals surface area contributed by atoms with Crippen LogP contribution in [0, 0.1) is 5.41 Å². The molecule has 0 aliphatic rings. The number of hydrogen-bond acceptors (Lipinski definition) is 1. The number of nitrogens with one attached hydrogen (secondary N) is 1. The van der Waals surface area contributed by atoms with Gasteiger partial charge >= 0.3 is 0 Å². The number of allylic oxidation sites excluding steroid dienone is 2. The molecule has 0 saturated heterocycles. The molecule has 0 unspecified atom stereocenters. The van der Waals surface area contributed by atoms with Gasteiger partial charge in [-0.25, -0.2) is 0 Å². The van der Waals surface area contributed by atoms with Crippen molar-refractivity contribution in [2.24, 2.45) is 0 Å². The summed E-state index contributed by atoms with van der Waals surface area (Å²) in [6.07, 6.45) is 10.9. The molecule has 1 nitrogen and oxygen atoms in total. The minimum atomic E-state index is 0.918. The zero-order chi connectivity index (χ0) is 9.23. The van der Waals surface area contributed by atoms with Gasteiger partial charge in [0.15, 0.2) is 0 Å². The highest BCUT2D eigenvalue weighted by atomic mass is 14.4. The van der Waals surface area contributed by atoms with Crippen LogP contribution in [-0.4, -0.2) is 5.71 Å². The van der Waals surface area contributed by atoms with Crippen LogP contribution in [0.15, 0.2) is 12.2 Å². The number of unbranched alkanes of at least 4 members (excludes halogenated alkanes) is 2. The Morgan fingerprint density at radius 2 is 2.00 bits per heavy atom. The standard InChI is InChI=1S/C11H21N/c1-3-5-7-9-11(12)10-8-6-4-2/h3,5,12H,4,6-10H2,1-2H3. The Kier molecular flexibility index (Phi) is 8.09. The van der Waals surface area contributed by atoms with Gasteiger partial charge in [0, 0.05) is 5.71 Å². The van der Waals surface area contributed by atoms with Crippen LogP contribution in [0.5, 0.6) is 0 Å². The van der Waals surface area contributed by atoms with E-state index in [0.717, 1.165) is 25.0 Å². The van der Waals surface area contributed by atoms with Crippen molar-refractivity contribution in [3.8, 4) is 0 Å². The van der Waals surface area contributed by atoms with E-state index < -0.39 is 0 Å². The topological polar surface area (TPSA) is 23.9 Å². The lowest BCUT2D eigenvalue weighted by molar-refractivity contribution is 0.734. The van der Waals surface area contributed by atoms with Crippen molar-refractivity contribution in [3.05, 3.63) is 12.2 Å². The molecule has 0 aromatic carbocycles. The smallest absolute Gasteiger partial charge is 0.00922 e. The maximum atomic E-state index is 7.61. The summed E-state index contributed by atoms with van der Waals surface area (Å²) in [5, 5.41) is 7.61. The van der Waals surface area contributed by atoms with Crippen molar-refractivity contribution in [2.45, 2.75) is 52.4 Å². The molecule has 0 amide bonds. The summed E-state index contributed by atoms with van der Waals surface area (Å²) >= 11 is 0. The van der Waals surface area contributed by atoms with Crippen LogP contribution in [0.4, 0.5) is 0 Å². The fourth-order valence-corrected chi connectivity index (χ4v) is 1.14. The van der Waals surface area contributed by atoms with Gasteiger partial charge in [-0.2, -0.15) is 0 Å². The van der Waals surface area contributed by atoms with Crippen LogP contribution in [-0.2, 0) is 0 Å². The summed E-state index contributed by atoms with van der Waals surface area (Å²) in [7, 11) is 0. The van der Waals surface area contributed by atoms with Gasteiger partial charge in [-0.05, 0) is 32.6 Å². The molecule has 0 rings (SSSR count). The van der Waals surface area contributed by atoms with E-state index in [9.17, 15) is 0 Å². The second kappa shape index (κ2) is 8.51. The molecule has 0 aliphatic carbocycles. The zero-order valence-corrected chi connectivity index (χ0v) is 8.40. The third-order valence-electron chi connectivity index (χ3n) is 1.93. The van der Waals surface area contributed by atoms with Crippen molar-refractivity contribution in [2.75, 3.05) is 0 Å². The predicted octanol–water partition coefficient (Wildman–Crippen LogP) is 3.94. The van der Waals surface area contributed by atoms with Crippen molar-refractivity contribution in [3.63, 3.8) is 0 Å². The molecule has 0 bridgehead atoms. The average molecular weight is 167 g/mol. The van der Waals surface area contributed by atoms with Crippen molar-refractivity contribution in [1.29, 1.82) is 5.41 Å². The molecule has 0 aromatic rings. The minimum absolute atomic E-state index is 0.918. The molecule has 0 spiro atoms. The van der Waals surface area contributed by atoms with E-state index >= 15 is 0 Å². The minimum Gasteiger partial charge on any atom is -0.310 e. The second-order valence-electron chi connectivity index (χ2n) is 3.17. The van der Waals surface area contributed by atoms with E-state index in [1.807, 2.05) is 6.92 Å².